The van der Waals surface area contributed by atoms with Crippen molar-refractivity contribution in [3.8, 4) is 0 Å². The molecule has 1 saturated carbocycles. The monoisotopic (exact) mass is 381 g/mol. The van der Waals surface area contributed by atoms with Crippen LogP contribution in [0.1, 0.15) is 70.1 Å². The van der Waals surface area contributed by atoms with Gasteiger partial charge in [-0.15, -0.1) is 0 Å². The highest BCUT2D eigenvalue weighted by Gasteiger charge is 2.35. The van der Waals surface area contributed by atoms with Gasteiger partial charge in [0.2, 0.25) is 5.91 Å². The first kappa shape index (κ1) is 19.0. The summed E-state index contributed by atoms with van der Waals surface area (Å²) in [5.74, 6) is 0.710. The number of fused-ring (bicyclic) bond motifs is 1. The molecule has 0 bridgehead atoms. The number of amides is 1. The summed E-state index contributed by atoms with van der Waals surface area (Å²) in [6.45, 7) is 12.2. The van der Waals surface area contributed by atoms with Crippen molar-refractivity contribution in [1.82, 2.24) is 25.2 Å². The maximum absolute atomic E-state index is 13.3. The lowest BCUT2D eigenvalue weighted by atomic mass is 9.85. The Morgan fingerprint density at radius 2 is 2.00 bits per heavy atom. The summed E-state index contributed by atoms with van der Waals surface area (Å²) in [4.78, 5) is 27.8. The molecule has 3 heterocycles. The molecule has 2 aromatic rings. The number of rotatable bonds is 5. The first-order valence-electron chi connectivity index (χ1n) is 10.4. The lowest BCUT2D eigenvalue weighted by Gasteiger charge is -2.37. The molecule has 1 aliphatic carbocycles. The lowest BCUT2D eigenvalue weighted by molar-refractivity contribution is -0.136. The molecule has 1 saturated heterocycles. The quantitative estimate of drug-likeness (QED) is 0.826. The zero-order valence-corrected chi connectivity index (χ0v) is 17.2. The molecular weight excluding hydrogens is 350 g/mol. The van der Waals surface area contributed by atoms with E-state index in [1.807, 2.05) is 17.3 Å². The molecule has 6 nitrogen and oxygen atoms in total. The summed E-state index contributed by atoms with van der Waals surface area (Å²) in [5.41, 5.74) is 4.04. The van der Waals surface area contributed by atoms with Gasteiger partial charge in [-0.2, -0.15) is 0 Å². The number of nitrogens with zero attached hydrogens (tertiary/aromatic N) is 3. The predicted molar refractivity (Wildman–Crippen MR) is 112 cm³/mol. The Morgan fingerprint density at radius 1 is 1.29 bits per heavy atom. The fourth-order valence-corrected chi connectivity index (χ4v) is 3.91. The Labute approximate surface area is 166 Å². The molecule has 0 radical (unpaired) electrons. The summed E-state index contributed by atoms with van der Waals surface area (Å²) in [6.07, 6.45) is 9.53. The number of hydrogen-bond acceptors (Lipinski definition) is 4. The average Bonchev–Trinajstić information content (AvgIpc) is 3.44. The number of aromatic nitrogens is 3. The van der Waals surface area contributed by atoms with Crippen LogP contribution >= 0.6 is 0 Å². The van der Waals surface area contributed by atoms with Crippen molar-refractivity contribution < 1.29 is 4.79 Å². The van der Waals surface area contributed by atoms with Crippen molar-refractivity contribution in [2.45, 2.75) is 64.8 Å². The third kappa shape index (κ3) is 3.77. The molecule has 2 fully saturated rings. The molecule has 2 aliphatic rings. The van der Waals surface area contributed by atoms with E-state index in [4.69, 9.17) is 4.98 Å². The largest absolute Gasteiger partial charge is 0.373 e. The molecule has 1 atom stereocenters. The average molecular weight is 382 g/mol. The minimum Gasteiger partial charge on any atom is -0.373 e. The van der Waals surface area contributed by atoms with Crippen molar-refractivity contribution in [3.63, 3.8) is 0 Å². The van der Waals surface area contributed by atoms with E-state index in [2.05, 4.69) is 42.6 Å². The third-order valence-electron chi connectivity index (χ3n) is 5.82. The van der Waals surface area contributed by atoms with Crippen LogP contribution in [-0.2, 0) is 4.79 Å². The van der Waals surface area contributed by atoms with Gasteiger partial charge in [0.05, 0.1) is 11.9 Å². The maximum atomic E-state index is 13.3. The molecule has 0 unspecified atom stereocenters. The molecule has 0 spiro atoms. The second kappa shape index (κ2) is 7.22. The normalized spacial score (nSPS) is 18.9. The molecule has 6 heteroatoms. The second-order valence-corrected chi connectivity index (χ2v) is 9.28. The molecule has 2 aromatic heterocycles. The van der Waals surface area contributed by atoms with Gasteiger partial charge >= 0.3 is 0 Å². The highest BCUT2D eigenvalue weighted by molar-refractivity contribution is 5.89. The highest BCUT2D eigenvalue weighted by Crippen LogP contribution is 2.39. The molecule has 28 heavy (non-hydrogen) atoms. The number of likely N-dealkylation sites (tertiary alicyclic amines) is 1. The molecule has 0 aromatic carbocycles. The van der Waals surface area contributed by atoms with Crippen molar-refractivity contribution >= 4 is 22.8 Å². The summed E-state index contributed by atoms with van der Waals surface area (Å²) in [7, 11) is 0. The zero-order valence-electron chi connectivity index (χ0n) is 17.2. The van der Waals surface area contributed by atoms with Crippen LogP contribution in [0.5, 0.6) is 0 Å². The molecule has 150 valence electrons. The standard InChI is InChI=1S/C22H31N5O/c1-14(16-12-23-20-18(16)26-17(13-24-20)15-8-9-15)25-19(22(2,3)4)21(28)27-10-6-5-7-11-27/h12-13,15,19,25H,1,5-11H2,2-4H3,(H,23,24)/t19-/m0/s1. The van der Waals surface area contributed by atoms with Crippen LogP contribution in [0.4, 0.5) is 0 Å². The zero-order chi connectivity index (χ0) is 19.9. The Hall–Kier alpha value is -2.37. The van der Waals surface area contributed by atoms with Gasteiger partial charge in [0.1, 0.15) is 11.6 Å². The number of H-pyrrole nitrogens is 1. The van der Waals surface area contributed by atoms with E-state index in [1.54, 1.807) is 0 Å². The number of nitrogens with one attached hydrogen (secondary N) is 2. The van der Waals surface area contributed by atoms with Crippen LogP contribution in [0.2, 0.25) is 0 Å². The van der Waals surface area contributed by atoms with Crippen LogP contribution < -0.4 is 5.32 Å². The van der Waals surface area contributed by atoms with E-state index in [1.165, 1.54) is 19.3 Å². The number of piperidine rings is 1. The van der Waals surface area contributed by atoms with E-state index >= 15 is 0 Å². The topological polar surface area (TPSA) is 73.9 Å². The lowest BCUT2D eigenvalue weighted by Crippen LogP contribution is -2.53. The van der Waals surface area contributed by atoms with Gasteiger partial charge in [-0.25, -0.2) is 9.97 Å². The van der Waals surface area contributed by atoms with Crippen molar-refractivity contribution in [2.75, 3.05) is 13.1 Å². The van der Waals surface area contributed by atoms with E-state index < -0.39 is 0 Å². The van der Waals surface area contributed by atoms with Crippen LogP contribution in [0.25, 0.3) is 16.9 Å². The Morgan fingerprint density at radius 3 is 2.64 bits per heavy atom. The molecule has 1 aliphatic heterocycles. The Balaban J connectivity index is 1.58. The Bertz CT molecular complexity index is 884. The summed E-state index contributed by atoms with van der Waals surface area (Å²) >= 11 is 0. The van der Waals surface area contributed by atoms with Gasteiger partial charge < -0.3 is 15.2 Å². The first-order chi connectivity index (χ1) is 13.3. The van der Waals surface area contributed by atoms with Gasteiger partial charge in [-0.05, 0) is 37.5 Å². The summed E-state index contributed by atoms with van der Waals surface area (Å²) < 4.78 is 0. The van der Waals surface area contributed by atoms with E-state index in [0.29, 0.717) is 5.92 Å². The third-order valence-corrected chi connectivity index (χ3v) is 5.82. The maximum Gasteiger partial charge on any atom is 0.245 e. The number of carbonyl (C=O) groups excluding carboxylic acids is 1. The van der Waals surface area contributed by atoms with Gasteiger partial charge in [0, 0.05) is 36.5 Å². The van der Waals surface area contributed by atoms with Crippen LogP contribution in [0.15, 0.2) is 19.0 Å². The molecule has 2 N–H and O–H groups in total. The van der Waals surface area contributed by atoms with E-state index in [0.717, 1.165) is 54.0 Å². The first-order valence-corrected chi connectivity index (χ1v) is 10.4. The van der Waals surface area contributed by atoms with E-state index in [9.17, 15) is 4.79 Å². The minimum absolute atomic E-state index is 0.165. The number of aromatic amines is 1. The van der Waals surface area contributed by atoms with Gasteiger partial charge in [0.25, 0.3) is 0 Å². The van der Waals surface area contributed by atoms with Crippen LogP contribution in [0.3, 0.4) is 0 Å². The summed E-state index contributed by atoms with van der Waals surface area (Å²) in [6, 6.07) is -0.331. The van der Waals surface area contributed by atoms with Gasteiger partial charge in [0.15, 0.2) is 5.65 Å². The van der Waals surface area contributed by atoms with Gasteiger partial charge in [-0.3, -0.25) is 4.79 Å². The highest BCUT2D eigenvalue weighted by atomic mass is 16.2. The van der Waals surface area contributed by atoms with Crippen molar-refractivity contribution in [2.24, 2.45) is 5.41 Å². The smallest absolute Gasteiger partial charge is 0.245 e. The molecular formula is C22H31N5O. The Kier molecular flexibility index (Phi) is 4.89. The summed E-state index contributed by atoms with van der Waals surface area (Å²) in [5, 5.41) is 3.44. The van der Waals surface area contributed by atoms with Gasteiger partial charge in [-0.1, -0.05) is 27.4 Å². The second-order valence-electron chi connectivity index (χ2n) is 9.28. The molecule has 4 rings (SSSR count). The van der Waals surface area contributed by atoms with Crippen LogP contribution in [-0.4, -0.2) is 44.9 Å². The minimum atomic E-state index is -0.331. The number of hydrogen-bond donors (Lipinski definition) is 2. The predicted octanol–water partition coefficient (Wildman–Crippen LogP) is 3.82. The van der Waals surface area contributed by atoms with Crippen molar-refractivity contribution in [3.05, 3.63) is 30.2 Å². The number of carbonyl (C=O) groups is 1. The SMILES string of the molecule is C=C(N[C@@H](C(=O)N1CCCCC1)C(C)(C)C)c1c[nH]c2ncc(C3CC3)nc12. The van der Waals surface area contributed by atoms with Crippen LogP contribution in [0, 0.1) is 5.41 Å². The van der Waals surface area contributed by atoms with E-state index in [-0.39, 0.29) is 17.4 Å². The fraction of sp³-hybridized carbons (Fsp3) is 0.591. The molecule has 1 amide bonds. The van der Waals surface area contributed by atoms with Crippen molar-refractivity contribution in [1.29, 1.82) is 0 Å². The fourth-order valence-electron chi connectivity index (χ4n) is 3.91.